The lowest BCUT2D eigenvalue weighted by molar-refractivity contribution is 0.0663. The molecule has 1 aliphatic heterocycles. The molecule has 1 fully saturated rings. The normalized spacial score (nSPS) is 20.1. The highest BCUT2D eigenvalue weighted by Crippen LogP contribution is 2.23. The first kappa shape index (κ1) is 15.0. The smallest absolute Gasteiger partial charge is 0.256 e. The second-order valence-electron chi connectivity index (χ2n) is 6.34. The van der Waals surface area contributed by atoms with E-state index in [2.05, 4.69) is 4.98 Å². The molecule has 2 N–H and O–H groups in total. The van der Waals surface area contributed by atoms with Gasteiger partial charge in [0.1, 0.15) is 0 Å². The second-order valence-corrected chi connectivity index (χ2v) is 6.34. The highest BCUT2D eigenvalue weighted by molar-refractivity contribution is 6.05. The number of pyridine rings is 1. The van der Waals surface area contributed by atoms with Gasteiger partial charge in [0.2, 0.25) is 0 Å². The summed E-state index contributed by atoms with van der Waals surface area (Å²) in [4.78, 5) is 19.5. The van der Waals surface area contributed by atoms with E-state index in [4.69, 9.17) is 5.73 Å². The fourth-order valence-corrected chi connectivity index (χ4v) is 3.21. The lowest BCUT2D eigenvalue weighted by Crippen LogP contribution is -2.45. The Balaban J connectivity index is 1.93. The van der Waals surface area contributed by atoms with Crippen LogP contribution >= 0.6 is 0 Å². The zero-order valence-corrected chi connectivity index (χ0v) is 13.2. The van der Waals surface area contributed by atoms with Crippen LogP contribution < -0.4 is 5.73 Å². The Kier molecular flexibility index (Phi) is 4.12. The average molecular weight is 297 g/mol. The Morgan fingerprint density at radius 3 is 2.95 bits per heavy atom. The monoisotopic (exact) mass is 297 g/mol. The number of aryl methyl sites for hydroxylation is 1. The molecular formula is C18H23N3O. The van der Waals surface area contributed by atoms with Crippen molar-refractivity contribution in [1.82, 2.24) is 9.88 Å². The Morgan fingerprint density at radius 1 is 1.36 bits per heavy atom. The van der Waals surface area contributed by atoms with Gasteiger partial charge in [0.05, 0.1) is 11.1 Å². The van der Waals surface area contributed by atoms with Crippen LogP contribution in [0.2, 0.25) is 0 Å². The summed E-state index contributed by atoms with van der Waals surface area (Å²) < 4.78 is 0. The molecular weight excluding hydrogens is 274 g/mol. The molecule has 0 saturated carbocycles. The van der Waals surface area contributed by atoms with E-state index in [0.29, 0.717) is 11.5 Å². The van der Waals surface area contributed by atoms with E-state index in [9.17, 15) is 4.79 Å². The van der Waals surface area contributed by atoms with Crippen molar-refractivity contribution in [3.05, 3.63) is 41.6 Å². The molecule has 0 radical (unpaired) electrons. The topological polar surface area (TPSA) is 59.2 Å². The summed E-state index contributed by atoms with van der Waals surface area (Å²) in [6.07, 6.45) is 2.13. The van der Waals surface area contributed by atoms with Crippen LogP contribution in [0.4, 0.5) is 0 Å². The maximum Gasteiger partial charge on any atom is 0.256 e. The largest absolute Gasteiger partial charge is 0.338 e. The molecule has 4 nitrogen and oxygen atoms in total. The van der Waals surface area contributed by atoms with Crippen molar-refractivity contribution in [3.8, 4) is 0 Å². The molecule has 2 atom stereocenters. The first-order valence-electron chi connectivity index (χ1n) is 7.97. The SMILES string of the molecule is Cc1ccc2cccc(C(=O)N3CCC[C@H]([C@@H](C)N)C3)c2n1. The van der Waals surface area contributed by atoms with Gasteiger partial charge in [-0.25, -0.2) is 0 Å². The van der Waals surface area contributed by atoms with Crippen LogP contribution in [0.1, 0.15) is 35.8 Å². The van der Waals surface area contributed by atoms with Gasteiger partial charge in [-0.15, -0.1) is 0 Å². The van der Waals surface area contributed by atoms with Crippen molar-refractivity contribution in [1.29, 1.82) is 0 Å². The summed E-state index contributed by atoms with van der Waals surface area (Å²) in [6, 6.07) is 9.94. The van der Waals surface area contributed by atoms with Crippen LogP contribution in [0.3, 0.4) is 0 Å². The fourth-order valence-electron chi connectivity index (χ4n) is 3.21. The van der Waals surface area contributed by atoms with Gasteiger partial charge >= 0.3 is 0 Å². The van der Waals surface area contributed by atoms with Crippen molar-refractivity contribution >= 4 is 16.8 Å². The van der Waals surface area contributed by atoms with Crippen LogP contribution in [0.5, 0.6) is 0 Å². The number of rotatable bonds is 2. The van der Waals surface area contributed by atoms with Crippen molar-refractivity contribution in [3.63, 3.8) is 0 Å². The van der Waals surface area contributed by atoms with Gasteiger partial charge in [0.25, 0.3) is 5.91 Å². The van der Waals surface area contributed by atoms with Gasteiger partial charge in [0.15, 0.2) is 0 Å². The maximum atomic E-state index is 12.9. The van der Waals surface area contributed by atoms with E-state index in [1.54, 1.807) is 0 Å². The quantitative estimate of drug-likeness (QED) is 0.927. The third-order valence-corrected chi connectivity index (χ3v) is 4.58. The predicted molar refractivity (Wildman–Crippen MR) is 88.8 cm³/mol. The minimum absolute atomic E-state index is 0.0778. The zero-order valence-electron chi connectivity index (χ0n) is 13.2. The number of aromatic nitrogens is 1. The molecule has 2 heterocycles. The number of piperidine rings is 1. The molecule has 0 spiro atoms. The molecule has 22 heavy (non-hydrogen) atoms. The van der Waals surface area contributed by atoms with Crippen molar-refractivity contribution in [2.45, 2.75) is 32.7 Å². The summed E-state index contributed by atoms with van der Waals surface area (Å²) in [5, 5.41) is 1.01. The molecule has 1 aliphatic rings. The highest BCUT2D eigenvalue weighted by atomic mass is 16.2. The maximum absolute atomic E-state index is 12.9. The third kappa shape index (κ3) is 2.83. The van der Waals surface area contributed by atoms with Crippen LogP contribution in [-0.2, 0) is 0 Å². The van der Waals surface area contributed by atoms with Gasteiger partial charge in [-0.3, -0.25) is 9.78 Å². The standard InChI is InChI=1S/C18H23N3O/c1-12-8-9-14-5-3-7-16(17(14)20-12)18(22)21-10-4-6-15(11-21)13(2)19/h3,5,7-9,13,15H,4,6,10-11,19H2,1-2H3/t13-,15+/m1/s1. The van der Waals surface area contributed by atoms with Crippen LogP contribution in [0.25, 0.3) is 10.9 Å². The molecule has 4 heteroatoms. The number of hydrogen-bond acceptors (Lipinski definition) is 3. The Hall–Kier alpha value is -1.94. The summed E-state index contributed by atoms with van der Waals surface area (Å²) >= 11 is 0. The molecule has 2 aromatic rings. The molecule has 0 aliphatic carbocycles. The molecule has 0 bridgehead atoms. The van der Waals surface area contributed by atoms with E-state index in [0.717, 1.165) is 42.5 Å². The highest BCUT2D eigenvalue weighted by Gasteiger charge is 2.27. The summed E-state index contributed by atoms with van der Waals surface area (Å²) in [5.74, 6) is 0.469. The summed E-state index contributed by atoms with van der Waals surface area (Å²) in [5.41, 5.74) is 8.46. The van der Waals surface area contributed by atoms with Gasteiger partial charge in [0, 0.05) is 30.2 Å². The minimum Gasteiger partial charge on any atom is -0.338 e. The van der Waals surface area contributed by atoms with E-state index >= 15 is 0 Å². The third-order valence-electron chi connectivity index (χ3n) is 4.58. The number of likely N-dealkylation sites (tertiary alicyclic amines) is 1. The van der Waals surface area contributed by atoms with Crippen molar-refractivity contribution in [2.24, 2.45) is 11.7 Å². The zero-order chi connectivity index (χ0) is 15.7. The minimum atomic E-state index is 0.0778. The first-order chi connectivity index (χ1) is 10.6. The Morgan fingerprint density at radius 2 is 2.18 bits per heavy atom. The van der Waals surface area contributed by atoms with Gasteiger partial charge in [-0.1, -0.05) is 18.2 Å². The number of hydrogen-bond donors (Lipinski definition) is 1. The van der Waals surface area contributed by atoms with Gasteiger partial charge in [-0.2, -0.15) is 0 Å². The number of amides is 1. The van der Waals surface area contributed by atoms with Crippen LogP contribution in [-0.4, -0.2) is 34.9 Å². The first-order valence-corrected chi connectivity index (χ1v) is 7.97. The number of nitrogens with two attached hydrogens (primary N) is 1. The molecule has 0 unspecified atom stereocenters. The predicted octanol–water partition coefficient (Wildman–Crippen LogP) is 2.74. The van der Waals surface area contributed by atoms with E-state index in [1.807, 2.05) is 49.1 Å². The number of para-hydroxylation sites is 1. The van der Waals surface area contributed by atoms with E-state index in [-0.39, 0.29) is 11.9 Å². The fraction of sp³-hybridized carbons (Fsp3) is 0.444. The molecule has 1 aromatic carbocycles. The average Bonchev–Trinajstić information content (AvgIpc) is 2.53. The molecule has 3 rings (SSSR count). The van der Waals surface area contributed by atoms with Gasteiger partial charge in [-0.05, 0) is 44.7 Å². The second kappa shape index (κ2) is 6.05. The molecule has 1 aromatic heterocycles. The van der Waals surface area contributed by atoms with E-state index in [1.165, 1.54) is 0 Å². The Bertz CT molecular complexity index is 696. The van der Waals surface area contributed by atoms with Crippen molar-refractivity contribution < 1.29 is 4.79 Å². The van der Waals surface area contributed by atoms with Crippen LogP contribution in [0, 0.1) is 12.8 Å². The van der Waals surface area contributed by atoms with Crippen molar-refractivity contribution in [2.75, 3.05) is 13.1 Å². The van der Waals surface area contributed by atoms with E-state index < -0.39 is 0 Å². The number of nitrogens with zero attached hydrogens (tertiary/aromatic N) is 2. The van der Waals surface area contributed by atoms with Crippen LogP contribution in [0.15, 0.2) is 30.3 Å². The summed E-state index contributed by atoms with van der Waals surface area (Å²) in [6.45, 7) is 5.54. The molecule has 1 saturated heterocycles. The number of carbonyl (C=O) groups excluding carboxylic acids is 1. The lowest BCUT2D eigenvalue weighted by Gasteiger charge is -2.34. The number of carbonyl (C=O) groups is 1. The molecule has 1 amide bonds. The Labute approximate surface area is 131 Å². The van der Waals surface area contributed by atoms with Gasteiger partial charge < -0.3 is 10.6 Å². The molecule has 116 valence electrons. The lowest BCUT2D eigenvalue weighted by atomic mass is 9.91. The number of fused-ring (bicyclic) bond motifs is 1. The summed E-state index contributed by atoms with van der Waals surface area (Å²) in [7, 11) is 0. The number of benzene rings is 1.